The van der Waals surface area contributed by atoms with Gasteiger partial charge in [0.15, 0.2) is 0 Å². The van der Waals surface area contributed by atoms with Gasteiger partial charge in [-0.2, -0.15) is 0 Å². The van der Waals surface area contributed by atoms with Crippen molar-refractivity contribution in [3.8, 4) is 55.6 Å². The van der Waals surface area contributed by atoms with Crippen molar-refractivity contribution in [1.29, 1.82) is 0 Å². The van der Waals surface area contributed by atoms with Crippen LogP contribution < -0.4 is 0 Å². The van der Waals surface area contributed by atoms with Crippen LogP contribution >= 0.6 is 0 Å². The number of aromatic nitrogens is 3. The second-order valence-electron chi connectivity index (χ2n) is 14.8. The Morgan fingerprint density at radius 1 is 0.291 bits per heavy atom. The first kappa shape index (κ1) is 30.3. The van der Waals surface area contributed by atoms with Crippen LogP contribution in [0.5, 0.6) is 0 Å². The third-order valence-electron chi connectivity index (χ3n) is 12.0. The molecule has 0 fully saturated rings. The van der Waals surface area contributed by atoms with Crippen molar-refractivity contribution < 1.29 is 0 Å². The molecule has 3 aromatic heterocycles. The second kappa shape index (κ2) is 11.4. The molecule has 0 atom stereocenters. The molecule has 3 nitrogen and oxygen atoms in total. The summed E-state index contributed by atoms with van der Waals surface area (Å²) in [5.41, 5.74) is 19.8. The summed E-state index contributed by atoms with van der Waals surface area (Å²) >= 11 is 0. The Morgan fingerprint density at radius 2 is 0.818 bits per heavy atom. The molecule has 55 heavy (non-hydrogen) atoms. The van der Waals surface area contributed by atoms with Crippen molar-refractivity contribution in [2.45, 2.75) is 5.41 Å². The highest BCUT2D eigenvalue weighted by molar-refractivity contribution is 6.04. The van der Waals surface area contributed by atoms with Crippen molar-refractivity contribution in [3.63, 3.8) is 0 Å². The smallest absolute Gasteiger partial charge is 0.0964 e. The van der Waals surface area contributed by atoms with E-state index >= 15 is 0 Å². The predicted molar refractivity (Wildman–Crippen MR) is 225 cm³/mol. The SMILES string of the molecule is c1ccc2c(c1)-c1ccccc1C21c2ccccc2-c2cc(-c3cc(-c4cnc5c(ccc6cccnc65)c4)cc(-c4cccc5cccnc45)c3)ccc21. The van der Waals surface area contributed by atoms with E-state index in [-0.39, 0.29) is 5.41 Å². The minimum absolute atomic E-state index is 0.366. The fourth-order valence-corrected chi connectivity index (χ4v) is 9.63. The van der Waals surface area contributed by atoms with Crippen LogP contribution in [0.2, 0.25) is 0 Å². The fraction of sp³-hybridized carbons (Fsp3) is 0.0192. The van der Waals surface area contributed by atoms with Gasteiger partial charge < -0.3 is 0 Å². The molecule has 3 heteroatoms. The van der Waals surface area contributed by atoms with Crippen molar-refractivity contribution >= 4 is 32.7 Å². The average molecular weight is 698 g/mol. The van der Waals surface area contributed by atoms with Crippen LogP contribution in [0.25, 0.3) is 88.3 Å². The standard InChI is InChI=1S/C52H31N3/c1-4-17-45-41(13-1)42-14-2-5-18-46(42)52(45)47-19-6-3-15-43(47)44-30-34(22-23-48(44)52)36-27-37(29-38(28-36)40-16-7-10-32-11-8-24-53-49(32)40)39-26-35-21-20-33-12-9-25-54-50(33)51(35)55-31-39/h1-31H. The van der Waals surface area contributed by atoms with Crippen LogP contribution in [-0.2, 0) is 5.41 Å². The van der Waals surface area contributed by atoms with Gasteiger partial charge in [-0.25, -0.2) is 0 Å². The lowest BCUT2D eigenvalue weighted by molar-refractivity contribution is 0.794. The summed E-state index contributed by atoms with van der Waals surface area (Å²) in [5.74, 6) is 0. The zero-order valence-corrected chi connectivity index (χ0v) is 29.7. The third-order valence-corrected chi connectivity index (χ3v) is 12.0. The van der Waals surface area contributed by atoms with Crippen LogP contribution in [-0.4, -0.2) is 15.0 Å². The van der Waals surface area contributed by atoms with E-state index in [2.05, 4.69) is 163 Å². The van der Waals surface area contributed by atoms with E-state index in [0.717, 1.165) is 60.5 Å². The first-order valence-corrected chi connectivity index (χ1v) is 18.8. The minimum Gasteiger partial charge on any atom is -0.256 e. The Hall–Kier alpha value is -7.23. The summed E-state index contributed by atoms with van der Waals surface area (Å²) in [6.45, 7) is 0. The van der Waals surface area contributed by atoms with E-state index in [9.17, 15) is 0 Å². The molecule has 2 aliphatic carbocycles. The predicted octanol–water partition coefficient (Wildman–Crippen LogP) is 12.7. The molecule has 0 bridgehead atoms. The molecule has 12 rings (SSSR count). The van der Waals surface area contributed by atoms with Crippen molar-refractivity contribution in [1.82, 2.24) is 15.0 Å². The molecule has 0 unspecified atom stereocenters. The minimum atomic E-state index is -0.366. The maximum absolute atomic E-state index is 5.02. The summed E-state index contributed by atoms with van der Waals surface area (Å²) in [6.07, 6.45) is 5.72. The number of pyridine rings is 3. The Morgan fingerprint density at radius 3 is 1.55 bits per heavy atom. The molecular formula is C52H31N3. The number of fused-ring (bicyclic) bond motifs is 14. The number of hydrogen-bond acceptors (Lipinski definition) is 3. The van der Waals surface area contributed by atoms with Gasteiger partial charge in [0, 0.05) is 45.9 Å². The first-order chi connectivity index (χ1) is 27.3. The highest BCUT2D eigenvalue weighted by Gasteiger charge is 2.51. The first-order valence-electron chi connectivity index (χ1n) is 18.8. The molecule has 0 amide bonds. The van der Waals surface area contributed by atoms with Gasteiger partial charge in [-0.15, -0.1) is 0 Å². The Bertz CT molecular complexity index is 3180. The normalized spacial score (nSPS) is 13.2. The van der Waals surface area contributed by atoms with E-state index in [1.54, 1.807) is 0 Å². The van der Waals surface area contributed by atoms with Gasteiger partial charge in [0.05, 0.1) is 22.0 Å². The third kappa shape index (κ3) is 4.24. The van der Waals surface area contributed by atoms with Crippen LogP contribution in [0.15, 0.2) is 188 Å². The number of para-hydroxylation sites is 1. The van der Waals surface area contributed by atoms with Crippen molar-refractivity contribution in [2.24, 2.45) is 0 Å². The maximum atomic E-state index is 5.02. The Labute approximate surface area is 318 Å². The van der Waals surface area contributed by atoms with Crippen LogP contribution in [0, 0.1) is 0 Å². The topological polar surface area (TPSA) is 38.7 Å². The molecule has 0 saturated carbocycles. The van der Waals surface area contributed by atoms with E-state index in [1.807, 2.05) is 30.7 Å². The quantitative estimate of drug-likeness (QED) is 0.173. The number of hydrogen-bond donors (Lipinski definition) is 0. The van der Waals surface area contributed by atoms with Crippen LogP contribution in [0.3, 0.4) is 0 Å². The maximum Gasteiger partial charge on any atom is 0.0964 e. The van der Waals surface area contributed by atoms with Gasteiger partial charge in [-0.1, -0.05) is 127 Å². The summed E-state index contributed by atoms with van der Waals surface area (Å²) < 4.78 is 0. The van der Waals surface area contributed by atoms with Crippen molar-refractivity contribution in [2.75, 3.05) is 0 Å². The van der Waals surface area contributed by atoms with E-state index in [0.29, 0.717) is 0 Å². The molecule has 0 aliphatic heterocycles. The van der Waals surface area contributed by atoms with E-state index in [4.69, 9.17) is 9.97 Å². The lowest BCUT2D eigenvalue weighted by Gasteiger charge is -2.30. The number of benzene rings is 7. The largest absolute Gasteiger partial charge is 0.256 e. The molecule has 2 aliphatic rings. The number of rotatable bonds is 3. The molecule has 254 valence electrons. The highest BCUT2D eigenvalue weighted by atomic mass is 14.7. The second-order valence-corrected chi connectivity index (χ2v) is 14.8. The van der Waals surface area contributed by atoms with Gasteiger partial charge in [-0.05, 0) is 109 Å². The summed E-state index contributed by atoms with van der Waals surface area (Å²) in [7, 11) is 0. The molecular weight excluding hydrogens is 667 g/mol. The van der Waals surface area contributed by atoms with Crippen molar-refractivity contribution in [3.05, 3.63) is 211 Å². The zero-order valence-electron chi connectivity index (χ0n) is 29.7. The molecule has 0 radical (unpaired) electrons. The summed E-state index contributed by atoms with van der Waals surface area (Å²) in [4.78, 5) is 14.6. The van der Waals surface area contributed by atoms with Gasteiger partial charge in [0.2, 0.25) is 0 Å². The summed E-state index contributed by atoms with van der Waals surface area (Å²) in [6, 6.07) is 62.3. The van der Waals surface area contributed by atoms with Crippen LogP contribution in [0.4, 0.5) is 0 Å². The molecule has 3 heterocycles. The van der Waals surface area contributed by atoms with Gasteiger partial charge in [0.25, 0.3) is 0 Å². The van der Waals surface area contributed by atoms with Gasteiger partial charge >= 0.3 is 0 Å². The summed E-state index contributed by atoms with van der Waals surface area (Å²) in [5, 5.41) is 3.28. The van der Waals surface area contributed by atoms with Crippen LogP contribution in [0.1, 0.15) is 22.3 Å². The molecule has 0 N–H and O–H groups in total. The van der Waals surface area contributed by atoms with E-state index in [1.165, 1.54) is 50.1 Å². The van der Waals surface area contributed by atoms with Gasteiger partial charge in [-0.3, -0.25) is 15.0 Å². The van der Waals surface area contributed by atoms with Gasteiger partial charge in [0.1, 0.15) is 0 Å². The highest BCUT2D eigenvalue weighted by Crippen LogP contribution is 2.63. The molecule has 10 aromatic rings. The number of nitrogens with zero attached hydrogens (tertiary/aromatic N) is 3. The lowest BCUT2D eigenvalue weighted by atomic mass is 9.70. The average Bonchev–Trinajstić information content (AvgIpc) is 3.73. The zero-order chi connectivity index (χ0) is 36.1. The fourth-order valence-electron chi connectivity index (χ4n) is 9.63. The van der Waals surface area contributed by atoms with E-state index < -0.39 is 0 Å². The Balaban J connectivity index is 1.09. The Kier molecular flexibility index (Phi) is 6.26. The molecule has 7 aromatic carbocycles. The lowest BCUT2D eigenvalue weighted by Crippen LogP contribution is -2.25. The molecule has 1 spiro atoms. The molecule has 0 saturated heterocycles. The monoisotopic (exact) mass is 697 g/mol.